The van der Waals surface area contributed by atoms with Crippen molar-refractivity contribution in [3.8, 4) is 0 Å². The number of aliphatic carboxylic acids is 2. The fourth-order valence-corrected chi connectivity index (χ4v) is 3.37. The molecule has 1 aromatic carbocycles. The molecule has 1 heterocycles. The number of rotatable bonds is 5. The van der Waals surface area contributed by atoms with Crippen molar-refractivity contribution in [1.29, 1.82) is 0 Å². The van der Waals surface area contributed by atoms with Gasteiger partial charge >= 0.3 is 11.9 Å². The van der Waals surface area contributed by atoms with Crippen molar-refractivity contribution in [1.82, 2.24) is 4.90 Å². The Morgan fingerprint density at radius 1 is 1.30 bits per heavy atom. The Bertz CT molecular complexity index is 711. The first kappa shape index (κ1) is 17.2. The summed E-state index contributed by atoms with van der Waals surface area (Å²) in [6.07, 6.45) is 0.901. The monoisotopic (exact) mass is 351 g/mol. The highest BCUT2D eigenvalue weighted by molar-refractivity contribution is 8.26. The molecule has 1 amide bonds. The zero-order valence-electron chi connectivity index (χ0n) is 12.1. The predicted octanol–water partition coefficient (Wildman–Crippen LogP) is 2.12. The van der Waals surface area contributed by atoms with Crippen molar-refractivity contribution in [2.45, 2.75) is 19.4 Å². The second kappa shape index (κ2) is 6.93. The molecule has 0 aromatic heterocycles. The molecule has 8 heteroatoms. The van der Waals surface area contributed by atoms with Gasteiger partial charge in [0.1, 0.15) is 10.4 Å². The van der Waals surface area contributed by atoms with Crippen LogP contribution in [-0.2, 0) is 14.4 Å². The molecule has 0 bridgehead atoms. The Balaban J connectivity index is 2.30. The number of aryl methyl sites for hydroxylation is 1. The molecule has 2 N–H and O–H groups in total. The van der Waals surface area contributed by atoms with Crippen LogP contribution in [-0.4, -0.2) is 43.3 Å². The molecule has 1 unspecified atom stereocenters. The van der Waals surface area contributed by atoms with Crippen molar-refractivity contribution in [3.63, 3.8) is 0 Å². The normalized spacial score (nSPS) is 17.6. The van der Waals surface area contributed by atoms with E-state index in [1.165, 1.54) is 0 Å². The average Bonchev–Trinajstić information content (AvgIpc) is 2.73. The Morgan fingerprint density at radius 3 is 2.43 bits per heavy atom. The van der Waals surface area contributed by atoms with Gasteiger partial charge in [-0.25, -0.2) is 4.79 Å². The molecule has 1 fully saturated rings. The number of nitrogens with zero attached hydrogens (tertiary/aromatic N) is 1. The van der Waals surface area contributed by atoms with Crippen LogP contribution in [0.3, 0.4) is 0 Å². The van der Waals surface area contributed by atoms with E-state index in [2.05, 4.69) is 0 Å². The topological polar surface area (TPSA) is 94.9 Å². The Hall–Kier alpha value is -2.19. The molecule has 23 heavy (non-hydrogen) atoms. The summed E-state index contributed by atoms with van der Waals surface area (Å²) in [4.78, 5) is 35.6. The van der Waals surface area contributed by atoms with Crippen LogP contribution in [0.2, 0.25) is 0 Å². The molecule has 0 radical (unpaired) electrons. The number of benzene rings is 1. The van der Waals surface area contributed by atoms with Crippen molar-refractivity contribution in [2.24, 2.45) is 0 Å². The summed E-state index contributed by atoms with van der Waals surface area (Å²) < 4.78 is 0.0435. The number of amides is 1. The van der Waals surface area contributed by atoms with Crippen LogP contribution in [0.25, 0.3) is 6.08 Å². The fraction of sp³-hybridized carbons (Fsp3) is 0.200. The molecular weight excluding hydrogens is 338 g/mol. The summed E-state index contributed by atoms with van der Waals surface area (Å²) in [5.41, 5.74) is 1.85. The van der Waals surface area contributed by atoms with Crippen LogP contribution in [0.4, 0.5) is 0 Å². The fourth-order valence-electron chi connectivity index (χ4n) is 2.02. The lowest BCUT2D eigenvalue weighted by molar-refractivity contribution is -0.150. The third-order valence-corrected chi connectivity index (χ3v) is 4.49. The van der Waals surface area contributed by atoms with Gasteiger partial charge in [-0.2, -0.15) is 0 Å². The number of carboxylic acids is 2. The molecule has 6 nitrogen and oxygen atoms in total. The SMILES string of the molecule is Cc1ccc(/C=C2/SC(=S)N(C(CC(=O)O)C(=O)O)C2=O)cc1. The lowest BCUT2D eigenvalue weighted by Crippen LogP contribution is -2.45. The maximum absolute atomic E-state index is 12.4. The van der Waals surface area contributed by atoms with Gasteiger partial charge < -0.3 is 10.2 Å². The summed E-state index contributed by atoms with van der Waals surface area (Å²) in [6, 6.07) is 5.92. The minimum Gasteiger partial charge on any atom is -0.481 e. The average molecular weight is 351 g/mol. The first-order valence-electron chi connectivity index (χ1n) is 6.58. The number of thiocarbonyl (C=S) groups is 1. The second-order valence-electron chi connectivity index (χ2n) is 4.91. The molecule has 1 aliphatic heterocycles. The van der Waals surface area contributed by atoms with Gasteiger partial charge in [-0.05, 0) is 18.6 Å². The summed E-state index contributed by atoms with van der Waals surface area (Å²) >= 11 is 6.02. The summed E-state index contributed by atoms with van der Waals surface area (Å²) in [5.74, 6) is -3.30. The van der Waals surface area contributed by atoms with Crippen molar-refractivity contribution in [2.75, 3.05) is 0 Å². The standard InChI is InChI=1S/C15H13NO5S2/c1-8-2-4-9(5-3-8)6-11-13(19)16(15(22)23-11)10(14(20)21)7-12(17)18/h2-6,10H,7H2,1H3,(H,17,18)(H,20,21)/b11-6+. The first-order valence-corrected chi connectivity index (χ1v) is 7.80. The van der Waals surface area contributed by atoms with E-state index >= 15 is 0 Å². The number of hydrogen-bond donors (Lipinski definition) is 2. The Labute approximate surface area is 141 Å². The highest BCUT2D eigenvalue weighted by atomic mass is 32.2. The van der Waals surface area contributed by atoms with Crippen LogP contribution in [0.15, 0.2) is 29.2 Å². The van der Waals surface area contributed by atoms with Gasteiger partial charge in [0.2, 0.25) is 0 Å². The third-order valence-electron chi connectivity index (χ3n) is 3.16. The molecule has 0 spiro atoms. The molecule has 2 rings (SSSR count). The maximum atomic E-state index is 12.4. The lowest BCUT2D eigenvalue weighted by atomic mass is 10.1. The number of carboxylic acid groups (broad SMARTS) is 2. The van der Waals surface area contributed by atoms with Crippen LogP contribution >= 0.6 is 24.0 Å². The van der Waals surface area contributed by atoms with Crippen molar-refractivity contribution in [3.05, 3.63) is 40.3 Å². The molecule has 0 aliphatic carbocycles. The molecule has 120 valence electrons. The zero-order chi connectivity index (χ0) is 17.1. The van der Waals surface area contributed by atoms with E-state index in [9.17, 15) is 19.5 Å². The van der Waals surface area contributed by atoms with Crippen molar-refractivity contribution >= 4 is 52.2 Å². The van der Waals surface area contributed by atoms with Gasteiger partial charge in [0, 0.05) is 0 Å². The van der Waals surface area contributed by atoms with Gasteiger partial charge in [-0.3, -0.25) is 14.5 Å². The van der Waals surface area contributed by atoms with Crippen LogP contribution in [0.1, 0.15) is 17.5 Å². The van der Waals surface area contributed by atoms with Crippen molar-refractivity contribution < 1.29 is 24.6 Å². The van der Waals surface area contributed by atoms with E-state index < -0.39 is 30.3 Å². The minimum absolute atomic E-state index is 0.0435. The van der Waals surface area contributed by atoms with E-state index in [4.69, 9.17) is 17.3 Å². The predicted molar refractivity (Wildman–Crippen MR) is 89.9 cm³/mol. The zero-order valence-corrected chi connectivity index (χ0v) is 13.7. The van der Waals surface area contributed by atoms with Crippen LogP contribution in [0, 0.1) is 6.92 Å². The second-order valence-corrected chi connectivity index (χ2v) is 6.59. The van der Waals surface area contributed by atoms with Gasteiger partial charge in [-0.1, -0.05) is 53.8 Å². The van der Waals surface area contributed by atoms with Gasteiger partial charge in [0.05, 0.1) is 11.3 Å². The smallest absolute Gasteiger partial charge is 0.327 e. The number of hydrogen-bond acceptors (Lipinski definition) is 5. The first-order chi connectivity index (χ1) is 10.8. The maximum Gasteiger partial charge on any atom is 0.327 e. The van der Waals surface area contributed by atoms with Crippen LogP contribution < -0.4 is 0 Å². The highest BCUT2D eigenvalue weighted by Crippen LogP contribution is 2.34. The molecule has 1 saturated heterocycles. The van der Waals surface area contributed by atoms with E-state index in [1.54, 1.807) is 6.08 Å². The largest absolute Gasteiger partial charge is 0.481 e. The van der Waals surface area contributed by atoms with E-state index in [1.807, 2.05) is 31.2 Å². The molecular formula is C15H13NO5S2. The Kier molecular flexibility index (Phi) is 5.17. The summed E-state index contributed by atoms with van der Waals surface area (Å²) in [6.45, 7) is 1.94. The van der Waals surface area contributed by atoms with E-state index in [-0.39, 0.29) is 9.23 Å². The van der Waals surface area contributed by atoms with Crippen LogP contribution in [0.5, 0.6) is 0 Å². The number of thioether (sulfide) groups is 1. The molecule has 0 saturated carbocycles. The highest BCUT2D eigenvalue weighted by Gasteiger charge is 2.41. The molecule has 1 aromatic rings. The number of carbonyl (C=O) groups is 3. The summed E-state index contributed by atoms with van der Waals surface area (Å²) in [7, 11) is 0. The summed E-state index contributed by atoms with van der Waals surface area (Å²) in [5, 5.41) is 18.0. The molecule has 1 aliphatic rings. The minimum atomic E-state index is -1.51. The Morgan fingerprint density at radius 2 is 1.91 bits per heavy atom. The van der Waals surface area contributed by atoms with Gasteiger partial charge in [-0.15, -0.1) is 0 Å². The third kappa shape index (κ3) is 3.96. The van der Waals surface area contributed by atoms with E-state index in [0.717, 1.165) is 27.8 Å². The molecule has 1 atom stereocenters. The van der Waals surface area contributed by atoms with E-state index in [0.29, 0.717) is 0 Å². The number of carbonyl (C=O) groups excluding carboxylic acids is 1. The quantitative estimate of drug-likeness (QED) is 0.620. The van der Waals surface area contributed by atoms with Gasteiger partial charge in [0.15, 0.2) is 0 Å². The van der Waals surface area contributed by atoms with Gasteiger partial charge in [0.25, 0.3) is 5.91 Å². The lowest BCUT2D eigenvalue weighted by Gasteiger charge is -2.21.